The van der Waals surface area contributed by atoms with E-state index in [0.29, 0.717) is 25.3 Å². The van der Waals surface area contributed by atoms with Gasteiger partial charge in [0.1, 0.15) is 5.69 Å². The Kier molecular flexibility index (Phi) is 4.59. The molecule has 21 heavy (non-hydrogen) atoms. The summed E-state index contributed by atoms with van der Waals surface area (Å²) in [4.78, 5) is 27.0. The lowest BCUT2D eigenvalue weighted by molar-refractivity contribution is -0.384. The second-order valence-electron chi connectivity index (χ2n) is 5.28. The lowest BCUT2D eigenvalue weighted by Gasteiger charge is -2.39. The number of nitrogens with zero attached hydrogens (tertiary/aromatic N) is 4. The van der Waals surface area contributed by atoms with Gasteiger partial charge in [0.05, 0.1) is 17.2 Å². The Hall–Kier alpha value is -1.93. The molecule has 2 heterocycles. The van der Waals surface area contributed by atoms with E-state index in [9.17, 15) is 14.9 Å². The second-order valence-corrected chi connectivity index (χ2v) is 5.28. The highest BCUT2D eigenvalue weighted by molar-refractivity contribution is 5.94. The van der Waals surface area contributed by atoms with E-state index in [-0.39, 0.29) is 17.6 Å². The SMILES string of the molecule is CCn1cc([N+](=O)[O-])cc1C(=O)N1CCN(C)CC1CN. The van der Waals surface area contributed by atoms with Crippen LogP contribution in [0.2, 0.25) is 0 Å². The van der Waals surface area contributed by atoms with Crippen molar-refractivity contribution in [2.45, 2.75) is 19.5 Å². The molecule has 0 bridgehead atoms. The molecule has 2 rings (SSSR count). The van der Waals surface area contributed by atoms with Crippen molar-refractivity contribution in [1.29, 1.82) is 0 Å². The summed E-state index contributed by atoms with van der Waals surface area (Å²) < 4.78 is 1.62. The normalized spacial score (nSPS) is 19.8. The number of rotatable bonds is 4. The third-order valence-corrected chi connectivity index (χ3v) is 3.87. The molecule has 1 aliphatic rings. The third-order valence-electron chi connectivity index (χ3n) is 3.87. The number of hydrogen-bond donors (Lipinski definition) is 1. The van der Waals surface area contributed by atoms with Gasteiger partial charge in [-0.3, -0.25) is 14.9 Å². The van der Waals surface area contributed by atoms with E-state index in [1.807, 2.05) is 14.0 Å². The summed E-state index contributed by atoms with van der Waals surface area (Å²) in [5.41, 5.74) is 6.06. The molecule has 1 atom stereocenters. The van der Waals surface area contributed by atoms with Crippen molar-refractivity contribution in [2.75, 3.05) is 33.2 Å². The van der Waals surface area contributed by atoms with Gasteiger partial charge in [-0.1, -0.05) is 0 Å². The molecule has 1 unspecified atom stereocenters. The first-order valence-electron chi connectivity index (χ1n) is 7.02. The first-order valence-corrected chi connectivity index (χ1v) is 7.02. The van der Waals surface area contributed by atoms with Crippen LogP contribution in [-0.2, 0) is 6.54 Å². The molecule has 0 aliphatic carbocycles. The predicted molar refractivity (Wildman–Crippen MR) is 78.1 cm³/mol. The van der Waals surface area contributed by atoms with Crippen molar-refractivity contribution in [1.82, 2.24) is 14.4 Å². The maximum atomic E-state index is 12.7. The summed E-state index contributed by atoms with van der Waals surface area (Å²) in [5, 5.41) is 10.9. The van der Waals surface area contributed by atoms with Gasteiger partial charge in [-0.25, -0.2) is 0 Å². The van der Waals surface area contributed by atoms with Crippen molar-refractivity contribution in [3.63, 3.8) is 0 Å². The molecule has 0 aromatic carbocycles. The van der Waals surface area contributed by atoms with E-state index < -0.39 is 4.92 Å². The number of likely N-dealkylation sites (N-methyl/N-ethyl adjacent to an activating group) is 1. The van der Waals surface area contributed by atoms with E-state index in [0.717, 1.165) is 13.1 Å². The molecule has 1 fully saturated rings. The van der Waals surface area contributed by atoms with Gasteiger partial charge in [-0.15, -0.1) is 0 Å². The molecule has 1 aromatic rings. The first-order chi connectivity index (χ1) is 9.97. The van der Waals surface area contributed by atoms with Crippen LogP contribution in [0, 0.1) is 10.1 Å². The number of aromatic nitrogens is 1. The van der Waals surface area contributed by atoms with Crippen LogP contribution in [0.25, 0.3) is 0 Å². The maximum Gasteiger partial charge on any atom is 0.287 e. The minimum atomic E-state index is -0.479. The number of nitro groups is 1. The quantitative estimate of drug-likeness (QED) is 0.629. The van der Waals surface area contributed by atoms with Gasteiger partial charge in [0.25, 0.3) is 11.6 Å². The fourth-order valence-electron chi connectivity index (χ4n) is 2.66. The average molecular weight is 295 g/mol. The Morgan fingerprint density at radius 3 is 2.81 bits per heavy atom. The molecular weight excluding hydrogens is 274 g/mol. The molecule has 8 nitrogen and oxygen atoms in total. The van der Waals surface area contributed by atoms with E-state index >= 15 is 0 Å². The highest BCUT2D eigenvalue weighted by Gasteiger charge is 2.31. The minimum absolute atomic E-state index is 0.0568. The summed E-state index contributed by atoms with van der Waals surface area (Å²) in [5.74, 6) is -0.187. The smallest absolute Gasteiger partial charge is 0.287 e. The van der Waals surface area contributed by atoms with E-state index in [4.69, 9.17) is 5.73 Å². The van der Waals surface area contributed by atoms with Crippen LogP contribution in [0.5, 0.6) is 0 Å². The first kappa shape index (κ1) is 15.5. The van der Waals surface area contributed by atoms with Crippen molar-refractivity contribution in [2.24, 2.45) is 5.73 Å². The van der Waals surface area contributed by atoms with E-state index in [1.54, 1.807) is 9.47 Å². The van der Waals surface area contributed by atoms with Crippen LogP contribution in [0.3, 0.4) is 0 Å². The Morgan fingerprint density at radius 2 is 2.24 bits per heavy atom. The van der Waals surface area contributed by atoms with Gasteiger partial charge in [0.2, 0.25) is 0 Å². The molecule has 1 aliphatic heterocycles. The van der Waals surface area contributed by atoms with Crippen LogP contribution < -0.4 is 5.73 Å². The third kappa shape index (κ3) is 3.06. The number of nitrogens with two attached hydrogens (primary N) is 1. The molecule has 1 amide bonds. The Morgan fingerprint density at radius 1 is 1.52 bits per heavy atom. The number of piperazine rings is 1. The van der Waals surface area contributed by atoms with Gasteiger partial charge < -0.3 is 20.1 Å². The summed E-state index contributed by atoms with van der Waals surface area (Å²) in [7, 11) is 1.99. The minimum Gasteiger partial charge on any atom is -0.337 e. The maximum absolute atomic E-state index is 12.7. The number of carbonyl (C=O) groups excluding carboxylic acids is 1. The standard InChI is InChI=1S/C13H21N5O3/c1-3-16-9-10(18(20)21)6-12(16)13(19)17-5-4-15(2)8-11(17)7-14/h6,9,11H,3-5,7-8,14H2,1-2H3. The molecule has 2 N–H and O–H groups in total. The van der Waals surface area contributed by atoms with E-state index in [1.165, 1.54) is 12.3 Å². The Bertz CT molecular complexity index is 542. The van der Waals surface area contributed by atoms with Crippen LogP contribution in [0.15, 0.2) is 12.3 Å². The van der Waals surface area contributed by atoms with Crippen LogP contribution in [-0.4, -0.2) is 64.5 Å². The molecular formula is C13H21N5O3. The fraction of sp³-hybridized carbons (Fsp3) is 0.615. The number of aryl methyl sites for hydroxylation is 1. The second kappa shape index (κ2) is 6.23. The lowest BCUT2D eigenvalue weighted by atomic mass is 10.1. The summed E-state index contributed by atoms with van der Waals surface area (Å²) >= 11 is 0. The monoisotopic (exact) mass is 295 g/mol. The van der Waals surface area contributed by atoms with Gasteiger partial charge in [-0.2, -0.15) is 0 Å². The summed E-state index contributed by atoms with van der Waals surface area (Å²) in [6.45, 7) is 4.82. The van der Waals surface area contributed by atoms with Gasteiger partial charge in [0, 0.05) is 38.8 Å². The largest absolute Gasteiger partial charge is 0.337 e. The van der Waals surface area contributed by atoms with Gasteiger partial charge >= 0.3 is 0 Å². The number of carbonyl (C=O) groups is 1. The van der Waals surface area contributed by atoms with Gasteiger partial charge in [0.15, 0.2) is 0 Å². The van der Waals surface area contributed by atoms with Crippen molar-refractivity contribution < 1.29 is 9.72 Å². The van der Waals surface area contributed by atoms with E-state index in [2.05, 4.69) is 4.90 Å². The van der Waals surface area contributed by atoms with Crippen molar-refractivity contribution in [3.05, 3.63) is 28.1 Å². The Balaban J connectivity index is 2.28. The summed E-state index contributed by atoms with van der Waals surface area (Å²) in [6, 6.07) is 1.29. The summed E-state index contributed by atoms with van der Waals surface area (Å²) in [6.07, 6.45) is 1.40. The lowest BCUT2D eigenvalue weighted by Crippen LogP contribution is -2.57. The predicted octanol–water partition coefficient (Wildman–Crippen LogP) is 0.131. The van der Waals surface area contributed by atoms with Crippen LogP contribution >= 0.6 is 0 Å². The fourth-order valence-corrected chi connectivity index (χ4v) is 2.66. The molecule has 0 saturated carbocycles. The van der Waals surface area contributed by atoms with Crippen LogP contribution in [0.4, 0.5) is 5.69 Å². The van der Waals surface area contributed by atoms with Crippen molar-refractivity contribution in [3.8, 4) is 0 Å². The van der Waals surface area contributed by atoms with Gasteiger partial charge in [-0.05, 0) is 14.0 Å². The number of hydrogen-bond acceptors (Lipinski definition) is 5. The topological polar surface area (TPSA) is 97.6 Å². The zero-order valence-corrected chi connectivity index (χ0v) is 12.4. The molecule has 116 valence electrons. The Labute approximate surface area is 123 Å². The zero-order valence-electron chi connectivity index (χ0n) is 12.4. The van der Waals surface area contributed by atoms with Crippen LogP contribution in [0.1, 0.15) is 17.4 Å². The molecule has 1 saturated heterocycles. The molecule has 0 spiro atoms. The number of amides is 1. The molecule has 8 heteroatoms. The molecule has 0 radical (unpaired) electrons. The highest BCUT2D eigenvalue weighted by atomic mass is 16.6. The zero-order chi connectivity index (χ0) is 15.6. The van der Waals surface area contributed by atoms with Crippen molar-refractivity contribution >= 4 is 11.6 Å². The average Bonchev–Trinajstić information content (AvgIpc) is 2.90. The highest BCUT2D eigenvalue weighted by Crippen LogP contribution is 2.20. The molecule has 1 aromatic heterocycles.